The summed E-state index contributed by atoms with van der Waals surface area (Å²) >= 11 is 0. The quantitative estimate of drug-likeness (QED) is 0.895. The third kappa shape index (κ3) is 2.25. The van der Waals surface area contributed by atoms with Crippen molar-refractivity contribution in [2.75, 3.05) is 5.73 Å². The van der Waals surface area contributed by atoms with Crippen LogP contribution in [0.2, 0.25) is 0 Å². The normalized spacial score (nSPS) is 27.4. The highest BCUT2D eigenvalue weighted by atomic mass is 15.2. The summed E-state index contributed by atoms with van der Waals surface area (Å²) in [5.74, 6) is 3.39. The van der Waals surface area contributed by atoms with Crippen LogP contribution in [0.5, 0.6) is 0 Å². The number of nitrogen functional groups attached to an aromatic ring is 1. The molecule has 3 atom stereocenters. The molecule has 2 aromatic rings. The molecule has 2 fully saturated rings. The van der Waals surface area contributed by atoms with Crippen molar-refractivity contribution in [1.29, 1.82) is 0 Å². The average molecular weight is 281 g/mol. The highest BCUT2D eigenvalue weighted by molar-refractivity contribution is 5.76. The lowest BCUT2D eigenvalue weighted by Crippen LogP contribution is -2.13. The Morgan fingerprint density at radius 1 is 1.29 bits per heavy atom. The number of anilines is 1. The van der Waals surface area contributed by atoms with Gasteiger partial charge in [0.15, 0.2) is 5.82 Å². The number of aromatic amines is 1. The zero-order valence-corrected chi connectivity index (χ0v) is 12.6. The van der Waals surface area contributed by atoms with E-state index in [1.807, 2.05) is 0 Å². The number of nitrogens with zero attached hydrogens (tertiary/aromatic N) is 1. The number of nitrogens with two attached hydrogens (primary N) is 1. The van der Waals surface area contributed by atoms with Crippen molar-refractivity contribution in [3.8, 4) is 11.1 Å². The SMILES string of the molecule is Cc1cccc(-c2c(N)n[nH]c2CC2CC3CCC2C3)c1. The Labute approximate surface area is 125 Å². The van der Waals surface area contributed by atoms with Crippen LogP contribution in [0.15, 0.2) is 24.3 Å². The molecule has 3 heteroatoms. The molecular formula is C18H23N3. The lowest BCUT2D eigenvalue weighted by Gasteiger charge is -2.21. The van der Waals surface area contributed by atoms with Gasteiger partial charge >= 0.3 is 0 Å². The second kappa shape index (κ2) is 4.90. The largest absolute Gasteiger partial charge is 0.382 e. The molecule has 3 unspecified atom stereocenters. The van der Waals surface area contributed by atoms with Gasteiger partial charge in [0.05, 0.1) is 0 Å². The number of hydrogen-bond donors (Lipinski definition) is 2. The summed E-state index contributed by atoms with van der Waals surface area (Å²) in [7, 11) is 0. The molecule has 3 nitrogen and oxygen atoms in total. The van der Waals surface area contributed by atoms with Gasteiger partial charge in [0.25, 0.3) is 0 Å². The zero-order valence-electron chi connectivity index (χ0n) is 12.6. The minimum absolute atomic E-state index is 0.638. The summed E-state index contributed by atoms with van der Waals surface area (Å²) in [6, 6.07) is 8.55. The van der Waals surface area contributed by atoms with Crippen molar-refractivity contribution in [2.24, 2.45) is 17.8 Å². The predicted octanol–water partition coefficient (Wildman–Crippen LogP) is 3.95. The molecule has 110 valence electrons. The zero-order chi connectivity index (χ0) is 14.4. The Hall–Kier alpha value is -1.77. The van der Waals surface area contributed by atoms with Gasteiger partial charge in [-0.25, -0.2) is 0 Å². The van der Waals surface area contributed by atoms with Gasteiger partial charge in [-0.2, -0.15) is 5.10 Å². The fourth-order valence-electron chi connectivity index (χ4n) is 4.55. The van der Waals surface area contributed by atoms with Crippen molar-refractivity contribution < 1.29 is 0 Å². The summed E-state index contributed by atoms with van der Waals surface area (Å²) in [6.45, 7) is 2.12. The van der Waals surface area contributed by atoms with Gasteiger partial charge in [0.1, 0.15) is 0 Å². The van der Waals surface area contributed by atoms with Crippen LogP contribution in [0, 0.1) is 24.7 Å². The summed E-state index contributed by atoms with van der Waals surface area (Å²) in [5.41, 5.74) is 10.9. The summed E-state index contributed by atoms with van der Waals surface area (Å²) in [6.07, 6.45) is 6.84. The fourth-order valence-corrected chi connectivity index (χ4v) is 4.55. The number of hydrogen-bond acceptors (Lipinski definition) is 2. The molecule has 1 aromatic heterocycles. The Kier molecular flexibility index (Phi) is 3.02. The Bertz CT molecular complexity index is 658. The number of rotatable bonds is 3. The molecule has 4 rings (SSSR count). The maximum Gasteiger partial charge on any atom is 0.153 e. The molecule has 1 aromatic carbocycles. The summed E-state index contributed by atoms with van der Waals surface area (Å²) in [5, 5.41) is 7.48. The van der Waals surface area contributed by atoms with E-state index in [1.165, 1.54) is 42.5 Å². The van der Waals surface area contributed by atoms with Gasteiger partial charge in [-0.3, -0.25) is 5.10 Å². The van der Waals surface area contributed by atoms with E-state index in [4.69, 9.17) is 5.73 Å². The monoisotopic (exact) mass is 281 g/mol. The number of nitrogens with one attached hydrogen (secondary N) is 1. The van der Waals surface area contributed by atoms with E-state index in [0.717, 1.165) is 29.7 Å². The average Bonchev–Trinajstić information content (AvgIpc) is 3.15. The van der Waals surface area contributed by atoms with E-state index >= 15 is 0 Å². The first-order valence-electron chi connectivity index (χ1n) is 8.10. The van der Waals surface area contributed by atoms with Gasteiger partial charge in [0.2, 0.25) is 0 Å². The van der Waals surface area contributed by atoms with E-state index in [1.54, 1.807) is 0 Å². The van der Waals surface area contributed by atoms with Gasteiger partial charge in [0, 0.05) is 11.3 Å². The molecule has 0 spiro atoms. The molecule has 2 bridgehead atoms. The number of aromatic nitrogens is 2. The van der Waals surface area contributed by atoms with Crippen molar-refractivity contribution in [2.45, 2.75) is 39.0 Å². The second-order valence-electron chi connectivity index (χ2n) is 6.97. The highest BCUT2D eigenvalue weighted by Gasteiger charge is 2.39. The summed E-state index contributed by atoms with van der Waals surface area (Å²) in [4.78, 5) is 0. The fraction of sp³-hybridized carbons (Fsp3) is 0.500. The van der Waals surface area contributed by atoms with Crippen molar-refractivity contribution in [3.63, 3.8) is 0 Å². The molecule has 2 aliphatic rings. The first kappa shape index (κ1) is 12.9. The van der Waals surface area contributed by atoms with Gasteiger partial charge in [-0.15, -0.1) is 0 Å². The molecule has 1 heterocycles. The van der Waals surface area contributed by atoms with Crippen LogP contribution < -0.4 is 5.73 Å². The van der Waals surface area contributed by atoms with Crippen LogP contribution in [0.4, 0.5) is 5.82 Å². The minimum atomic E-state index is 0.638. The van der Waals surface area contributed by atoms with Gasteiger partial charge in [-0.05, 0) is 55.9 Å². The Balaban J connectivity index is 1.64. The van der Waals surface area contributed by atoms with E-state index in [9.17, 15) is 0 Å². The van der Waals surface area contributed by atoms with Gasteiger partial charge < -0.3 is 5.73 Å². The van der Waals surface area contributed by atoms with E-state index in [0.29, 0.717) is 5.82 Å². The maximum atomic E-state index is 6.13. The van der Waals surface area contributed by atoms with Crippen LogP contribution in [-0.2, 0) is 6.42 Å². The number of benzene rings is 1. The topological polar surface area (TPSA) is 54.7 Å². The second-order valence-corrected chi connectivity index (χ2v) is 6.97. The molecule has 0 saturated heterocycles. The molecule has 0 aliphatic heterocycles. The van der Waals surface area contributed by atoms with E-state index in [2.05, 4.69) is 41.4 Å². The minimum Gasteiger partial charge on any atom is -0.382 e. The van der Waals surface area contributed by atoms with E-state index < -0.39 is 0 Å². The Morgan fingerprint density at radius 2 is 2.19 bits per heavy atom. The predicted molar refractivity (Wildman–Crippen MR) is 85.8 cm³/mol. The maximum absolute atomic E-state index is 6.13. The van der Waals surface area contributed by atoms with Crippen LogP contribution in [-0.4, -0.2) is 10.2 Å². The first-order valence-corrected chi connectivity index (χ1v) is 8.10. The van der Waals surface area contributed by atoms with Crippen molar-refractivity contribution in [3.05, 3.63) is 35.5 Å². The van der Waals surface area contributed by atoms with Gasteiger partial charge in [-0.1, -0.05) is 36.2 Å². The van der Waals surface area contributed by atoms with Crippen molar-refractivity contribution >= 4 is 5.82 Å². The number of fused-ring (bicyclic) bond motifs is 2. The third-order valence-electron chi connectivity index (χ3n) is 5.53. The molecule has 2 saturated carbocycles. The molecule has 3 N–H and O–H groups in total. The van der Waals surface area contributed by atoms with Crippen LogP contribution in [0.25, 0.3) is 11.1 Å². The first-order chi connectivity index (χ1) is 10.2. The molecule has 0 radical (unpaired) electrons. The number of aryl methyl sites for hydroxylation is 1. The lowest BCUT2D eigenvalue weighted by atomic mass is 9.84. The standard InChI is InChI=1S/C18H23N3/c1-11-3-2-4-14(7-11)17-16(20-21-18(17)19)10-15-9-12-5-6-13(15)8-12/h2-4,7,12-13,15H,5-6,8-10H2,1H3,(H3,19,20,21). The van der Waals surface area contributed by atoms with Crippen LogP contribution in [0.1, 0.15) is 36.9 Å². The van der Waals surface area contributed by atoms with Crippen molar-refractivity contribution in [1.82, 2.24) is 10.2 Å². The highest BCUT2D eigenvalue weighted by Crippen LogP contribution is 2.49. The molecule has 21 heavy (non-hydrogen) atoms. The van der Waals surface area contributed by atoms with Crippen LogP contribution >= 0.6 is 0 Å². The molecule has 0 amide bonds. The number of H-pyrrole nitrogens is 1. The van der Waals surface area contributed by atoms with E-state index in [-0.39, 0.29) is 0 Å². The smallest absolute Gasteiger partial charge is 0.153 e. The Morgan fingerprint density at radius 3 is 2.90 bits per heavy atom. The lowest BCUT2D eigenvalue weighted by molar-refractivity contribution is 0.329. The molecular weight excluding hydrogens is 258 g/mol. The third-order valence-corrected chi connectivity index (χ3v) is 5.53. The van der Waals surface area contributed by atoms with Crippen LogP contribution in [0.3, 0.4) is 0 Å². The molecule has 2 aliphatic carbocycles. The summed E-state index contributed by atoms with van der Waals surface area (Å²) < 4.78 is 0.